The molecule has 0 amide bonds. The molecule has 1 rings (SSSR count). The topological polar surface area (TPSA) is 24.1 Å². The van der Waals surface area contributed by atoms with Crippen LogP contribution in [-0.4, -0.2) is 12.6 Å². The van der Waals surface area contributed by atoms with Crippen LogP contribution in [0.25, 0.3) is 0 Å². The minimum Gasteiger partial charge on any atom is -0.386 e. The minimum absolute atomic E-state index is 0.0782. The lowest BCUT2D eigenvalue weighted by Gasteiger charge is -2.26. The summed E-state index contributed by atoms with van der Waals surface area (Å²) in [5.74, 6) is 0. The summed E-state index contributed by atoms with van der Waals surface area (Å²) in [5, 5.41) is 6.78. The third kappa shape index (κ3) is 3.95. The highest BCUT2D eigenvalue weighted by Gasteiger charge is 2.17. The minimum atomic E-state index is 0.0782. The van der Waals surface area contributed by atoms with Crippen molar-refractivity contribution in [2.75, 3.05) is 17.7 Å². The van der Waals surface area contributed by atoms with Gasteiger partial charge >= 0.3 is 0 Å². The lowest BCUT2D eigenvalue weighted by molar-refractivity contribution is 0.590. The molecule has 0 aliphatic rings. The van der Waals surface area contributed by atoms with Gasteiger partial charge in [-0.15, -0.1) is 0 Å². The molecule has 2 heteroatoms. The largest absolute Gasteiger partial charge is 0.386 e. The molecule has 2 N–H and O–H groups in total. The van der Waals surface area contributed by atoms with E-state index in [0.717, 1.165) is 11.4 Å². The molecule has 96 valence electrons. The molecule has 0 saturated carbocycles. The molecule has 0 aromatic heterocycles. The van der Waals surface area contributed by atoms with Crippen molar-refractivity contribution in [2.45, 2.75) is 52.5 Å². The highest BCUT2D eigenvalue weighted by molar-refractivity contribution is 5.70. The van der Waals surface area contributed by atoms with Crippen molar-refractivity contribution in [3.8, 4) is 0 Å². The summed E-state index contributed by atoms with van der Waals surface area (Å²) in [6.45, 7) is 13.2. The van der Waals surface area contributed by atoms with Gasteiger partial charge in [-0.1, -0.05) is 26.8 Å². The summed E-state index contributed by atoms with van der Waals surface area (Å²) in [5.41, 5.74) is 3.93. The Kier molecular flexibility index (Phi) is 3.75. The Bertz CT molecular complexity index is 381. The molecule has 0 atom stereocenters. The van der Waals surface area contributed by atoms with E-state index in [9.17, 15) is 0 Å². The molecule has 17 heavy (non-hydrogen) atoms. The molecule has 0 spiro atoms. The van der Waals surface area contributed by atoms with Crippen molar-refractivity contribution in [1.82, 2.24) is 0 Å². The fourth-order valence-electron chi connectivity index (χ4n) is 1.73. The van der Waals surface area contributed by atoms with E-state index in [1.807, 2.05) is 7.05 Å². The SMILES string of the molecule is CNc1cc(C(C)(C)C)ccc1NC(C)(C)C. The summed E-state index contributed by atoms with van der Waals surface area (Å²) in [6, 6.07) is 6.60. The van der Waals surface area contributed by atoms with Gasteiger partial charge in [0.2, 0.25) is 0 Å². The zero-order valence-electron chi connectivity index (χ0n) is 12.2. The standard InChI is InChI=1S/C15H26N2/c1-14(2,3)11-8-9-12(13(10-11)16-7)17-15(4,5)6/h8-10,16-17H,1-7H3. The van der Waals surface area contributed by atoms with Crippen molar-refractivity contribution < 1.29 is 0 Å². The van der Waals surface area contributed by atoms with Crippen molar-refractivity contribution in [2.24, 2.45) is 0 Å². The van der Waals surface area contributed by atoms with Crippen LogP contribution in [0.3, 0.4) is 0 Å². The van der Waals surface area contributed by atoms with E-state index in [4.69, 9.17) is 0 Å². The molecule has 0 fully saturated rings. The molecular weight excluding hydrogens is 208 g/mol. The Balaban J connectivity index is 3.10. The Morgan fingerprint density at radius 1 is 0.882 bits per heavy atom. The summed E-state index contributed by atoms with van der Waals surface area (Å²) < 4.78 is 0. The lowest BCUT2D eigenvalue weighted by atomic mass is 9.86. The van der Waals surface area contributed by atoms with Crippen molar-refractivity contribution >= 4 is 11.4 Å². The summed E-state index contributed by atoms with van der Waals surface area (Å²) in [7, 11) is 1.97. The average molecular weight is 234 g/mol. The zero-order valence-corrected chi connectivity index (χ0v) is 12.2. The van der Waals surface area contributed by atoms with Gasteiger partial charge in [-0.05, 0) is 43.9 Å². The molecule has 0 bridgehead atoms. The Labute approximate surface area is 106 Å². The number of hydrogen-bond donors (Lipinski definition) is 2. The van der Waals surface area contributed by atoms with E-state index in [1.165, 1.54) is 5.56 Å². The maximum atomic E-state index is 3.52. The van der Waals surface area contributed by atoms with Crippen molar-refractivity contribution in [3.05, 3.63) is 23.8 Å². The first-order valence-corrected chi connectivity index (χ1v) is 6.24. The van der Waals surface area contributed by atoms with Crippen LogP contribution in [0.4, 0.5) is 11.4 Å². The van der Waals surface area contributed by atoms with Crippen LogP contribution in [0.15, 0.2) is 18.2 Å². The molecule has 0 unspecified atom stereocenters. The maximum Gasteiger partial charge on any atom is 0.0580 e. The summed E-state index contributed by atoms with van der Waals surface area (Å²) >= 11 is 0. The smallest absolute Gasteiger partial charge is 0.0580 e. The van der Waals surface area contributed by atoms with Gasteiger partial charge in [0.15, 0.2) is 0 Å². The second kappa shape index (κ2) is 4.59. The highest BCUT2D eigenvalue weighted by Crippen LogP contribution is 2.31. The average Bonchev–Trinajstić information content (AvgIpc) is 2.14. The van der Waals surface area contributed by atoms with Gasteiger partial charge in [0.05, 0.1) is 11.4 Å². The van der Waals surface area contributed by atoms with Gasteiger partial charge in [-0.25, -0.2) is 0 Å². The monoisotopic (exact) mass is 234 g/mol. The van der Waals surface area contributed by atoms with Crippen LogP contribution >= 0.6 is 0 Å². The molecule has 1 aromatic carbocycles. The first kappa shape index (κ1) is 13.9. The third-order valence-electron chi connectivity index (χ3n) is 2.66. The van der Waals surface area contributed by atoms with Crippen LogP contribution in [0.5, 0.6) is 0 Å². The molecule has 2 nitrogen and oxygen atoms in total. The second-order valence-corrected chi connectivity index (χ2v) is 6.64. The fourth-order valence-corrected chi connectivity index (χ4v) is 1.73. The molecule has 0 saturated heterocycles. The van der Waals surface area contributed by atoms with Crippen LogP contribution in [0.1, 0.15) is 47.1 Å². The number of rotatable bonds is 2. The van der Waals surface area contributed by atoms with Gasteiger partial charge in [0.1, 0.15) is 0 Å². The van der Waals surface area contributed by atoms with E-state index in [1.54, 1.807) is 0 Å². The van der Waals surface area contributed by atoms with Gasteiger partial charge in [-0.3, -0.25) is 0 Å². The molecule has 0 radical (unpaired) electrons. The Hall–Kier alpha value is -1.18. The molecule has 0 aliphatic heterocycles. The van der Waals surface area contributed by atoms with Crippen LogP contribution in [-0.2, 0) is 5.41 Å². The quantitative estimate of drug-likeness (QED) is 0.800. The van der Waals surface area contributed by atoms with Gasteiger partial charge < -0.3 is 10.6 Å². The number of anilines is 2. The summed E-state index contributed by atoms with van der Waals surface area (Å²) in [4.78, 5) is 0. The van der Waals surface area contributed by atoms with Gasteiger partial charge in [0.25, 0.3) is 0 Å². The first-order valence-electron chi connectivity index (χ1n) is 6.24. The van der Waals surface area contributed by atoms with Crippen molar-refractivity contribution in [1.29, 1.82) is 0 Å². The second-order valence-electron chi connectivity index (χ2n) is 6.64. The van der Waals surface area contributed by atoms with E-state index in [0.29, 0.717) is 0 Å². The van der Waals surface area contributed by atoms with Crippen LogP contribution < -0.4 is 10.6 Å². The normalized spacial score (nSPS) is 12.4. The number of benzene rings is 1. The van der Waals surface area contributed by atoms with Gasteiger partial charge in [-0.2, -0.15) is 0 Å². The molecular formula is C15H26N2. The predicted octanol–water partition coefficient (Wildman–Crippen LogP) is 4.24. The number of nitrogens with one attached hydrogen (secondary N) is 2. The zero-order chi connectivity index (χ0) is 13.3. The maximum absolute atomic E-state index is 3.52. The van der Waals surface area contributed by atoms with E-state index in [-0.39, 0.29) is 11.0 Å². The lowest BCUT2D eigenvalue weighted by Crippen LogP contribution is -2.26. The predicted molar refractivity (Wildman–Crippen MR) is 78.1 cm³/mol. The fraction of sp³-hybridized carbons (Fsp3) is 0.600. The third-order valence-corrected chi connectivity index (χ3v) is 2.66. The molecule has 0 aliphatic carbocycles. The molecule has 1 aromatic rings. The van der Waals surface area contributed by atoms with Gasteiger partial charge in [0, 0.05) is 12.6 Å². The van der Waals surface area contributed by atoms with E-state index in [2.05, 4.69) is 70.4 Å². The van der Waals surface area contributed by atoms with Crippen LogP contribution in [0.2, 0.25) is 0 Å². The summed E-state index contributed by atoms with van der Waals surface area (Å²) in [6.07, 6.45) is 0. The van der Waals surface area contributed by atoms with Crippen LogP contribution in [0, 0.1) is 0 Å². The first-order chi connectivity index (χ1) is 7.63. The number of hydrogen-bond acceptors (Lipinski definition) is 2. The Morgan fingerprint density at radius 2 is 1.47 bits per heavy atom. The highest BCUT2D eigenvalue weighted by atomic mass is 15.0. The van der Waals surface area contributed by atoms with E-state index >= 15 is 0 Å². The van der Waals surface area contributed by atoms with E-state index < -0.39 is 0 Å². The Morgan fingerprint density at radius 3 is 1.88 bits per heavy atom. The molecule has 0 heterocycles. The van der Waals surface area contributed by atoms with Crippen molar-refractivity contribution in [3.63, 3.8) is 0 Å².